The highest BCUT2D eigenvalue weighted by atomic mass is 16.5. The van der Waals surface area contributed by atoms with Gasteiger partial charge in [0.25, 0.3) is 0 Å². The summed E-state index contributed by atoms with van der Waals surface area (Å²) in [6, 6.07) is 6.46. The molecule has 1 aliphatic rings. The Hall–Kier alpha value is -1.88. The average molecular weight is 315 g/mol. The zero-order chi connectivity index (χ0) is 16.4. The zero-order valence-electron chi connectivity index (χ0n) is 14.4. The third kappa shape index (κ3) is 3.55. The number of hydrogen-bond donors (Lipinski definition) is 0. The van der Waals surface area contributed by atoms with Crippen LogP contribution in [0.5, 0.6) is 5.75 Å². The molecule has 1 atom stereocenters. The monoisotopic (exact) mass is 315 g/mol. The van der Waals surface area contributed by atoms with E-state index in [1.807, 2.05) is 6.92 Å². The summed E-state index contributed by atoms with van der Waals surface area (Å²) in [4.78, 5) is 6.73. The van der Waals surface area contributed by atoms with E-state index < -0.39 is 0 Å². The lowest BCUT2D eigenvalue weighted by molar-refractivity contribution is 0.0693. The van der Waals surface area contributed by atoms with Crippen molar-refractivity contribution in [3.8, 4) is 5.75 Å². The molecule has 1 aromatic heterocycles. The van der Waals surface area contributed by atoms with Crippen molar-refractivity contribution in [2.24, 2.45) is 0 Å². The number of para-hydroxylation sites is 1. The molecule has 0 aliphatic carbocycles. The van der Waals surface area contributed by atoms with E-state index in [-0.39, 0.29) is 12.1 Å². The number of benzene rings is 1. The molecular weight excluding hydrogens is 290 g/mol. The van der Waals surface area contributed by atoms with Crippen LogP contribution in [0.25, 0.3) is 0 Å². The number of aryl methyl sites for hydroxylation is 3. The second-order valence-electron chi connectivity index (χ2n) is 6.43. The first-order valence-corrected chi connectivity index (χ1v) is 8.31. The van der Waals surface area contributed by atoms with Crippen molar-refractivity contribution < 1.29 is 9.26 Å². The molecule has 5 nitrogen and oxygen atoms in total. The van der Waals surface area contributed by atoms with Crippen molar-refractivity contribution >= 4 is 0 Å². The highest BCUT2D eigenvalue weighted by Crippen LogP contribution is 2.28. The van der Waals surface area contributed by atoms with Gasteiger partial charge in [0.15, 0.2) is 5.82 Å². The fourth-order valence-corrected chi connectivity index (χ4v) is 3.17. The van der Waals surface area contributed by atoms with Gasteiger partial charge in [0.1, 0.15) is 11.9 Å². The van der Waals surface area contributed by atoms with Gasteiger partial charge in [0, 0.05) is 13.1 Å². The summed E-state index contributed by atoms with van der Waals surface area (Å²) in [5.74, 6) is 2.45. The SMILES string of the molecule is Cc1noc(C(C)N2CCC(Oc3c(C)cccc3C)CC2)n1. The summed E-state index contributed by atoms with van der Waals surface area (Å²) in [5.41, 5.74) is 2.42. The average Bonchev–Trinajstić information content (AvgIpc) is 2.97. The van der Waals surface area contributed by atoms with Crippen molar-refractivity contribution in [3.05, 3.63) is 41.0 Å². The topological polar surface area (TPSA) is 51.4 Å². The summed E-state index contributed by atoms with van der Waals surface area (Å²) in [5, 5.41) is 3.89. The van der Waals surface area contributed by atoms with Gasteiger partial charge in [-0.2, -0.15) is 4.98 Å². The predicted molar refractivity (Wildman–Crippen MR) is 88.6 cm³/mol. The number of piperidine rings is 1. The van der Waals surface area contributed by atoms with Crippen LogP contribution in [0, 0.1) is 20.8 Å². The van der Waals surface area contributed by atoms with Crippen LogP contribution in [0.15, 0.2) is 22.7 Å². The molecule has 2 aromatic rings. The molecule has 0 spiro atoms. The van der Waals surface area contributed by atoms with E-state index in [1.165, 1.54) is 11.1 Å². The van der Waals surface area contributed by atoms with Crippen molar-refractivity contribution in [1.29, 1.82) is 0 Å². The van der Waals surface area contributed by atoms with Crippen LogP contribution in [0.4, 0.5) is 0 Å². The van der Waals surface area contributed by atoms with Crippen LogP contribution in [0.3, 0.4) is 0 Å². The zero-order valence-corrected chi connectivity index (χ0v) is 14.4. The summed E-state index contributed by atoms with van der Waals surface area (Å²) in [6.07, 6.45) is 2.32. The fourth-order valence-electron chi connectivity index (χ4n) is 3.17. The maximum absolute atomic E-state index is 6.28. The maximum Gasteiger partial charge on any atom is 0.243 e. The Morgan fingerprint density at radius 3 is 2.39 bits per heavy atom. The molecule has 3 rings (SSSR count). The Labute approximate surface area is 137 Å². The fraction of sp³-hybridized carbons (Fsp3) is 0.556. The first-order chi connectivity index (χ1) is 11.0. The lowest BCUT2D eigenvalue weighted by atomic mass is 10.0. The Kier molecular flexibility index (Phi) is 4.66. The highest BCUT2D eigenvalue weighted by Gasteiger charge is 2.27. The second kappa shape index (κ2) is 6.71. The summed E-state index contributed by atoms with van der Waals surface area (Å²) < 4.78 is 11.6. The normalized spacial score (nSPS) is 18.1. The molecule has 0 bridgehead atoms. The van der Waals surface area contributed by atoms with Crippen LogP contribution in [-0.2, 0) is 0 Å². The van der Waals surface area contributed by atoms with Crippen LogP contribution in [-0.4, -0.2) is 34.2 Å². The standard InChI is InChI=1S/C18H25N3O2/c1-12-6-5-7-13(2)17(12)22-16-8-10-21(11-9-16)14(3)18-19-15(4)20-23-18/h5-7,14,16H,8-11H2,1-4H3. The van der Waals surface area contributed by atoms with E-state index in [9.17, 15) is 0 Å². The van der Waals surface area contributed by atoms with E-state index in [0.717, 1.165) is 31.7 Å². The molecule has 124 valence electrons. The van der Waals surface area contributed by atoms with Gasteiger partial charge in [-0.15, -0.1) is 0 Å². The largest absolute Gasteiger partial charge is 0.490 e. The molecule has 1 fully saturated rings. The van der Waals surface area contributed by atoms with Crippen LogP contribution >= 0.6 is 0 Å². The number of hydrogen-bond acceptors (Lipinski definition) is 5. The maximum atomic E-state index is 6.28. The van der Waals surface area contributed by atoms with Crippen molar-refractivity contribution in [2.45, 2.75) is 52.7 Å². The van der Waals surface area contributed by atoms with Crippen LogP contribution < -0.4 is 4.74 Å². The summed E-state index contributed by atoms with van der Waals surface area (Å²) >= 11 is 0. The molecule has 0 amide bonds. The van der Waals surface area contributed by atoms with Crippen molar-refractivity contribution in [1.82, 2.24) is 15.0 Å². The Bertz CT molecular complexity index is 640. The summed E-state index contributed by atoms with van der Waals surface area (Å²) in [7, 11) is 0. The van der Waals surface area contributed by atoms with E-state index in [4.69, 9.17) is 9.26 Å². The van der Waals surface area contributed by atoms with Gasteiger partial charge in [-0.05, 0) is 51.7 Å². The van der Waals surface area contributed by atoms with Gasteiger partial charge >= 0.3 is 0 Å². The first kappa shape index (κ1) is 16.0. The number of rotatable bonds is 4. The van der Waals surface area contributed by atoms with E-state index >= 15 is 0 Å². The molecule has 0 saturated carbocycles. The number of ether oxygens (including phenoxy) is 1. The van der Waals surface area contributed by atoms with Gasteiger partial charge in [0.05, 0.1) is 6.04 Å². The van der Waals surface area contributed by atoms with Crippen molar-refractivity contribution in [2.75, 3.05) is 13.1 Å². The molecule has 23 heavy (non-hydrogen) atoms. The predicted octanol–water partition coefficient (Wildman–Crippen LogP) is 3.60. The molecular formula is C18H25N3O2. The van der Waals surface area contributed by atoms with Gasteiger partial charge in [-0.25, -0.2) is 0 Å². The smallest absolute Gasteiger partial charge is 0.243 e. The Balaban J connectivity index is 1.58. The van der Waals surface area contributed by atoms with E-state index in [0.29, 0.717) is 11.7 Å². The van der Waals surface area contributed by atoms with Crippen LogP contribution in [0.1, 0.15) is 48.6 Å². The Morgan fingerprint density at radius 2 is 1.83 bits per heavy atom. The Morgan fingerprint density at radius 1 is 1.17 bits per heavy atom. The molecule has 2 heterocycles. The lowest BCUT2D eigenvalue weighted by Gasteiger charge is -2.35. The highest BCUT2D eigenvalue weighted by molar-refractivity contribution is 5.39. The molecule has 1 aromatic carbocycles. The third-order valence-electron chi connectivity index (χ3n) is 4.62. The van der Waals surface area contributed by atoms with Gasteiger partial charge in [-0.1, -0.05) is 23.4 Å². The van der Waals surface area contributed by atoms with Gasteiger partial charge in [-0.3, -0.25) is 4.90 Å². The molecule has 1 unspecified atom stereocenters. The number of likely N-dealkylation sites (tertiary alicyclic amines) is 1. The van der Waals surface area contributed by atoms with E-state index in [1.54, 1.807) is 0 Å². The minimum absolute atomic E-state index is 0.164. The minimum atomic E-state index is 0.164. The summed E-state index contributed by atoms with van der Waals surface area (Å²) in [6.45, 7) is 10.2. The quantitative estimate of drug-likeness (QED) is 0.863. The molecule has 5 heteroatoms. The second-order valence-corrected chi connectivity index (χ2v) is 6.43. The minimum Gasteiger partial charge on any atom is -0.490 e. The van der Waals surface area contributed by atoms with Crippen LogP contribution in [0.2, 0.25) is 0 Å². The third-order valence-corrected chi connectivity index (χ3v) is 4.62. The first-order valence-electron chi connectivity index (χ1n) is 8.31. The lowest BCUT2D eigenvalue weighted by Crippen LogP contribution is -2.39. The van der Waals surface area contributed by atoms with E-state index in [2.05, 4.69) is 54.0 Å². The van der Waals surface area contributed by atoms with Crippen molar-refractivity contribution in [3.63, 3.8) is 0 Å². The molecule has 1 aliphatic heterocycles. The molecule has 0 radical (unpaired) electrons. The number of nitrogens with zero attached hydrogens (tertiary/aromatic N) is 3. The number of aromatic nitrogens is 2. The van der Waals surface area contributed by atoms with Gasteiger partial charge < -0.3 is 9.26 Å². The molecule has 0 N–H and O–H groups in total. The molecule has 1 saturated heterocycles. The van der Waals surface area contributed by atoms with Gasteiger partial charge in [0.2, 0.25) is 5.89 Å².